The fourth-order valence-electron chi connectivity index (χ4n) is 3.17. The van der Waals surface area contributed by atoms with E-state index < -0.39 is 11.7 Å². The number of hydrogen-bond acceptors (Lipinski definition) is 2. The van der Waals surface area contributed by atoms with Crippen molar-refractivity contribution in [3.05, 3.63) is 35.1 Å². The van der Waals surface area contributed by atoms with Gasteiger partial charge in [-0.1, -0.05) is 19.4 Å². The monoisotopic (exact) mass is 294 g/mol. The average Bonchev–Trinajstić information content (AvgIpc) is 2.91. The highest BCUT2D eigenvalue weighted by Gasteiger charge is 2.38. The van der Waals surface area contributed by atoms with Crippen molar-refractivity contribution >= 4 is 6.34 Å². The van der Waals surface area contributed by atoms with Gasteiger partial charge in [0, 0.05) is 11.1 Å². The molecule has 2 atom stereocenters. The van der Waals surface area contributed by atoms with E-state index in [1.54, 1.807) is 13.3 Å². The molecule has 0 radical (unpaired) electrons. The van der Waals surface area contributed by atoms with Crippen molar-refractivity contribution in [1.82, 2.24) is 5.32 Å². The molecule has 21 heavy (non-hydrogen) atoms. The van der Waals surface area contributed by atoms with E-state index in [0.29, 0.717) is 0 Å². The molecule has 2 rings (SSSR count). The summed E-state index contributed by atoms with van der Waals surface area (Å²) in [6.45, 7) is 5.82. The molecule has 1 heterocycles. The highest BCUT2D eigenvalue weighted by Crippen LogP contribution is 2.49. The molecule has 0 aromatic rings. The lowest BCUT2D eigenvalue weighted by Gasteiger charge is -2.32. The molecule has 0 bridgehead atoms. The van der Waals surface area contributed by atoms with Gasteiger partial charge in [0.2, 0.25) is 0 Å². The molecule has 1 aliphatic carbocycles. The first-order valence-corrected chi connectivity index (χ1v) is 7.75. The van der Waals surface area contributed by atoms with Crippen LogP contribution in [0.25, 0.3) is 0 Å². The van der Waals surface area contributed by atoms with E-state index in [1.807, 2.05) is 6.92 Å². The Kier molecular flexibility index (Phi) is 4.96. The lowest BCUT2D eigenvalue weighted by molar-refractivity contribution is 0.344. The molecular formula is C17H24F2N2. The van der Waals surface area contributed by atoms with Gasteiger partial charge < -0.3 is 5.32 Å². The second kappa shape index (κ2) is 6.54. The number of rotatable bonds is 4. The van der Waals surface area contributed by atoms with Crippen molar-refractivity contribution in [2.24, 2.45) is 10.4 Å². The number of allylic oxidation sites excluding steroid dienone is 5. The van der Waals surface area contributed by atoms with Crippen LogP contribution in [-0.2, 0) is 0 Å². The molecule has 0 spiro atoms. The highest BCUT2D eigenvalue weighted by atomic mass is 19.2. The summed E-state index contributed by atoms with van der Waals surface area (Å²) in [5.74, 6) is -1.37. The number of aliphatic imine (C=N–C) groups is 1. The largest absolute Gasteiger partial charge is 0.350 e. The van der Waals surface area contributed by atoms with Crippen LogP contribution in [0.1, 0.15) is 52.9 Å². The van der Waals surface area contributed by atoms with Gasteiger partial charge in [-0.3, -0.25) is 4.99 Å². The molecule has 2 aliphatic rings. The number of nitrogens with one attached hydrogen (secondary N) is 1. The summed E-state index contributed by atoms with van der Waals surface area (Å²) in [7, 11) is 0. The lowest BCUT2D eigenvalue weighted by atomic mass is 9.78. The smallest absolute Gasteiger partial charge is 0.154 e. The van der Waals surface area contributed by atoms with Crippen molar-refractivity contribution in [1.29, 1.82) is 0 Å². The van der Waals surface area contributed by atoms with E-state index in [0.717, 1.165) is 31.3 Å². The minimum absolute atomic E-state index is 0.00943. The van der Waals surface area contributed by atoms with Crippen molar-refractivity contribution in [3.8, 4) is 0 Å². The summed E-state index contributed by atoms with van der Waals surface area (Å²) in [6, 6.07) is 0.173. The van der Waals surface area contributed by atoms with Crippen LogP contribution in [0.4, 0.5) is 8.78 Å². The number of hydrogen-bond donors (Lipinski definition) is 1. The zero-order chi connectivity index (χ0) is 15.5. The van der Waals surface area contributed by atoms with E-state index in [9.17, 15) is 8.78 Å². The standard InChI is InChI=1S/C17H24F2N2/c1-4-14(18)15(19)9-13-6-7-17(5-2,10-13)16-8-12(3)20-11-21-16/h8-9,11-12H,4-7,10H2,1-3H3,(H,20,21)/b13-9+,15-14-. The van der Waals surface area contributed by atoms with E-state index in [1.165, 1.54) is 11.8 Å². The normalized spacial score (nSPS) is 32.0. The first-order valence-electron chi connectivity index (χ1n) is 7.75. The van der Waals surface area contributed by atoms with Gasteiger partial charge in [-0.25, -0.2) is 8.78 Å². The van der Waals surface area contributed by atoms with Crippen LogP contribution in [0.2, 0.25) is 0 Å². The van der Waals surface area contributed by atoms with Gasteiger partial charge in [0.25, 0.3) is 0 Å². The van der Waals surface area contributed by atoms with Crippen LogP contribution in [-0.4, -0.2) is 12.4 Å². The Morgan fingerprint density at radius 3 is 2.86 bits per heavy atom. The average molecular weight is 294 g/mol. The Labute approximate surface area is 125 Å². The van der Waals surface area contributed by atoms with Gasteiger partial charge in [-0.15, -0.1) is 0 Å². The van der Waals surface area contributed by atoms with Gasteiger partial charge in [-0.05, 0) is 51.2 Å². The van der Waals surface area contributed by atoms with Crippen molar-refractivity contribution in [3.63, 3.8) is 0 Å². The molecule has 0 aromatic heterocycles. The Balaban J connectivity index is 2.20. The zero-order valence-electron chi connectivity index (χ0n) is 13.0. The topological polar surface area (TPSA) is 24.4 Å². The first kappa shape index (κ1) is 15.9. The van der Waals surface area contributed by atoms with Crippen LogP contribution in [0.15, 0.2) is 40.1 Å². The minimum atomic E-state index is -0.708. The molecule has 1 fully saturated rings. The molecular weight excluding hydrogens is 270 g/mol. The maximum absolute atomic E-state index is 13.7. The highest BCUT2D eigenvalue weighted by molar-refractivity contribution is 5.60. The van der Waals surface area contributed by atoms with E-state index in [2.05, 4.69) is 23.3 Å². The van der Waals surface area contributed by atoms with Gasteiger partial charge in [0.1, 0.15) is 5.83 Å². The van der Waals surface area contributed by atoms with Crippen molar-refractivity contribution in [2.75, 3.05) is 0 Å². The maximum atomic E-state index is 13.7. The van der Waals surface area contributed by atoms with Crippen LogP contribution in [0.3, 0.4) is 0 Å². The van der Waals surface area contributed by atoms with Crippen molar-refractivity contribution < 1.29 is 8.78 Å². The van der Waals surface area contributed by atoms with Gasteiger partial charge in [0.15, 0.2) is 5.83 Å². The van der Waals surface area contributed by atoms with Crippen LogP contribution in [0, 0.1) is 5.41 Å². The van der Waals surface area contributed by atoms with Crippen LogP contribution < -0.4 is 5.32 Å². The lowest BCUT2D eigenvalue weighted by Crippen LogP contribution is -2.32. The summed E-state index contributed by atoms with van der Waals surface area (Å²) < 4.78 is 27.0. The van der Waals surface area contributed by atoms with Crippen LogP contribution >= 0.6 is 0 Å². The molecule has 0 saturated heterocycles. The van der Waals surface area contributed by atoms with Crippen molar-refractivity contribution in [2.45, 2.75) is 58.9 Å². The fraction of sp³-hybridized carbons (Fsp3) is 0.588. The number of halogens is 2. The maximum Gasteiger partial charge on any atom is 0.154 e. The fourth-order valence-corrected chi connectivity index (χ4v) is 3.17. The summed E-state index contributed by atoms with van der Waals surface area (Å²) in [5.41, 5.74) is 2.18. The van der Waals surface area contributed by atoms with Gasteiger partial charge in [0.05, 0.1) is 12.4 Å². The third-order valence-electron chi connectivity index (χ3n) is 4.58. The predicted octanol–water partition coefficient (Wildman–Crippen LogP) is 4.96. The van der Waals surface area contributed by atoms with E-state index in [4.69, 9.17) is 0 Å². The number of nitrogens with zero attached hydrogens (tertiary/aromatic N) is 1. The summed E-state index contributed by atoms with van der Waals surface area (Å²) in [6.07, 6.45) is 8.95. The summed E-state index contributed by atoms with van der Waals surface area (Å²) in [4.78, 5) is 4.27. The van der Waals surface area contributed by atoms with Gasteiger partial charge >= 0.3 is 0 Å². The third-order valence-corrected chi connectivity index (χ3v) is 4.58. The Hall–Kier alpha value is -1.45. The van der Waals surface area contributed by atoms with Crippen LogP contribution in [0.5, 0.6) is 0 Å². The first-order chi connectivity index (χ1) is 10.0. The Morgan fingerprint density at radius 1 is 1.48 bits per heavy atom. The minimum Gasteiger partial charge on any atom is -0.350 e. The van der Waals surface area contributed by atoms with E-state index in [-0.39, 0.29) is 17.9 Å². The second-order valence-corrected chi connectivity index (χ2v) is 5.96. The quantitative estimate of drug-likeness (QED) is 0.779. The summed E-state index contributed by atoms with van der Waals surface area (Å²) >= 11 is 0. The second-order valence-electron chi connectivity index (χ2n) is 5.96. The zero-order valence-corrected chi connectivity index (χ0v) is 13.0. The molecule has 116 valence electrons. The summed E-state index contributed by atoms with van der Waals surface area (Å²) in [5, 5.41) is 3.25. The third kappa shape index (κ3) is 3.42. The predicted molar refractivity (Wildman–Crippen MR) is 83.4 cm³/mol. The molecule has 2 nitrogen and oxygen atoms in total. The molecule has 1 aliphatic heterocycles. The van der Waals surface area contributed by atoms with Gasteiger partial charge in [-0.2, -0.15) is 0 Å². The molecule has 1 N–H and O–H groups in total. The SMILES string of the molecule is CC/C(F)=C(F)\C=C1/CCC(CC)(C2=CC(C)N=CN2)C1. The molecule has 1 saturated carbocycles. The Bertz CT molecular complexity index is 517. The molecule has 0 aromatic carbocycles. The Morgan fingerprint density at radius 2 is 2.24 bits per heavy atom. The van der Waals surface area contributed by atoms with E-state index >= 15 is 0 Å². The molecule has 4 heteroatoms. The molecule has 0 amide bonds. The molecule has 2 unspecified atom stereocenters.